The van der Waals surface area contributed by atoms with Crippen LogP contribution in [0.3, 0.4) is 0 Å². The van der Waals surface area contributed by atoms with E-state index in [9.17, 15) is 22.8 Å². The van der Waals surface area contributed by atoms with Gasteiger partial charge in [0.25, 0.3) is 0 Å². The molecule has 1 saturated carbocycles. The molecule has 8 heteroatoms. The number of carbonyl (C=O) groups excluding carboxylic acids is 2. The van der Waals surface area contributed by atoms with Crippen molar-refractivity contribution in [3.63, 3.8) is 0 Å². The second kappa shape index (κ2) is 8.77. The third-order valence-corrected chi connectivity index (χ3v) is 4.89. The Labute approximate surface area is 162 Å². The minimum Gasteiger partial charge on any atom is -0.322 e. The highest BCUT2D eigenvalue weighted by Gasteiger charge is 2.35. The van der Waals surface area contributed by atoms with Crippen LogP contribution >= 0.6 is 0 Å². The first-order chi connectivity index (χ1) is 13.4. The van der Waals surface area contributed by atoms with Gasteiger partial charge in [0.15, 0.2) is 17.5 Å². The molecule has 0 aromatic heterocycles. The van der Waals surface area contributed by atoms with Crippen LogP contribution in [0, 0.1) is 17.5 Å². The Hall–Kier alpha value is -2.35. The highest BCUT2D eigenvalue weighted by molar-refractivity contribution is 5.92. The Bertz CT molecular complexity index is 793. The first-order valence-corrected chi connectivity index (χ1v) is 9.50. The summed E-state index contributed by atoms with van der Waals surface area (Å²) in [6.45, 7) is -0.136. The summed E-state index contributed by atoms with van der Waals surface area (Å²) in [7, 11) is 1.61. The first-order valence-electron chi connectivity index (χ1n) is 9.50. The molecule has 0 spiro atoms. The second-order valence-electron chi connectivity index (χ2n) is 7.38. The Balaban J connectivity index is 1.56. The fourth-order valence-electron chi connectivity index (χ4n) is 3.39. The Kier molecular flexibility index (Phi) is 6.39. The van der Waals surface area contributed by atoms with E-state index in [0.717, 1.165) is 56.4 Å². The van der Waals surface area contributed by atoms with Crippen molar-refractivity contribution in [2.24, 2.45) is 0 Å². The number of likely N-dealkylation sites (N-methyl/N-ethyl adjacent to an activating group) is 1. The van der Waals surface area contributed by atoms with Gasteiger partial charge in [-0.1, -0.05) is 6.08 Å². The summed E-state index contributed by atoms with van der Waals surface area (Å²) in [6.07, 6.45) is 8.17. The zero-order chi connectivity index (χ0) is 20.3. The van der Waals surface area contributed by atoms with E-state index in [4.69, 9.17) is 0 Å². The van der Waals surface area contributed by atoms with Crippen molar-refractivity contribution in [1.29, 1.82) is 0 Å². The van der Waals surface area contributed by atoms with E-state index >= 15 is 0 Å². The summed E-state index contributed by atoms with van der Waals surface area (Å²) < 4.78 is 39.9. The standard InChI is InChI=1S/C20H24F3N3O2/c1-25(11-17(27)24-16-10-9-15(21)19(22)20(16)23)12-18(28)26(14-7-8-14)13-5-3-2-4-6-13/h5,9-10,14H,2-4,6-8,11-12H2,1H3,(H,24,27). The van der Waals surface area contributed by atoms with E-state index in [2.05, 4.69) is 11.4 Å². The molecule has 0 heterocycles. The molecule has 1 N–H and O–H groups in total. The minimum atomic E-state index is -1.64. The lowest BCUT2D eigenvalue weighted by Crippen LogP contribution is -2.42. The van der Waals surface area contributed by atoms with Crippen molar-refractivity contribution >= 4 is 17.5 Å². The maximum atomic E-state index is 13.7. The summed E-state index contributed by atoms with van der Waals surface area (Å²) in [5, 5.41) is 2.21. The average molecular weight is 395 g/mol. The maximum Gasteiger partial charge on any atom is 0.241 e. The van der Waals surface area contributed by atoms with Gasteiger partial charge in [-0.05, 0) is 57.7 Å². The largest absolute Gasteiger partial charge is 0.322 e. The Morgan fingerprint density at radius 2 is 1.86 bits per heavy atom. The number of halogens is 3. The number of allylic oxidation sites excluding steroid dienone is 2. The van der Waals surface area contributed by atoms with Crippen LogP contribution in [0.15, 0.2) is 23.9 Å². The molecule has 0 aliphatic heterocycles. The summed E-state index contributed by atoms with van der Waals surface area (Å²) in [4.78, 5) is 28.3. The molecule has 5 nitrogen and oxygen atoms in total. The number of nitrogens with one attached hydrogen (secondary N) is 1. The number of rotatable bonds is 7. The zero-order valence-electron chi connectivity index (χ0n) is 15.8. The second-order valence-corrected chi connectivity index (χ2v) is 7.38. The van der Waals surface area contributed by atoms with Gasteiger partial charge in [0.2, 0.25) is 11.8 Å². The predicted molar refractivity (Wildman–Crippen MR) is 98.9 cm³/mol. The van der Waals surface area contributed by atoms with E-state index in [-0.39, 0.29) is 25.0 Å². The van der Waals surface area contributed by atoms with Crippen LogP contribution in [0.2, 0.25) is 0 Å². The van der Waals surface area contributed by atoms with E-state index in [1.54, 1.807) is 7.05 Å². The number of nitrogens with zero attached hydrogens (tertiary/aromatic N) is 2. The Morgan fingerprint density at radius 1 is 1.11 bits per heavy atom. The molecular weight excluding hydrogens is 371 g/mol. The Morgan fingerprint density at radius 3 is 2.50 bits per heavy atom. The van der Waals surface area contributed by atoms with Crippen molar-refractivity contribution in [3.05, 3.63) is 41.4 Å². The molecule has 3 rings (SSSR count). The van der Waals surface area contributed by atoms with Crippen LogP contribution in [0.4, 0.5) is 18.9 Å². The van der Waals surface area contributed by atoms with Gasteiger partial charge in [-0.25, -0.2) is 13.2 Å². The van der Waals surface area contributed by atoms with Gasteiger partial charge in [0, 0.05) is 11.7 Å². The minimum absolute atomic E-state index is 0.0432. The third kappa shape index (κ3) is 4.92. The lowest BCUT2D eigenvalue weighted by molar-refractivity contribution is -0.131. The number of anilines is 1. The topological polar surface area (TPSA) is 52.7 Å². The third-order valence-electron chi connectivity index (χ3n) is 4.89. The molecule has 0 bridgehead atoms. The summed E-state index contributed by atoms with van der Waals surface area (Å²) in [6, 6.07) is 1.95. The summed E-state index contributed by atoms with van der Waals surface area (Å²) in [5.74, 6) is -5.09. The molecule has 1 fully saturated rings. The SMILES string of the molecule is CN(CC(=O)Nc1ccc(F)c(F)c1F)CC(=O)N(C1=CCCCC1)C1CC1. The van der Waals surface area contributed by atoms with Crippen LogP contribution in [0.25, 0.3) is 0 Å². The van der Waals surface area contributed by atoms with Crippen LogP contribution in [0.1, 0.15) is 38.5 Å². The molecule has 2 aliphatic carbocycles. The fourth-order valence-corrected chi connectivity index (χ4v) is 3.39. The molecule has 0 atom stereocenters. The zero-order valence-corrected chi connectivity index (χ0v) is 15.8. The van der Waals surface area contributed by atoms with Crippen LogP contribution in [-0.4, -0.2) is 47.8 Å². The number of hydrogen-bond donors (Lipinski definition) is 1. The highest BCUT2D eigenvalue weighted by Crippen LogP contribution is 2.33. The van der Waals surface area contributed by atoms with Crippen LogP contribution < -0.4 is 5.32 Å². The van der Waals surface area contributed by atoms with Crippen molar-refractivity contribution in [2.45, 2.75) is 44.6 Å². The van der Waals surface area contributed by atoms with Gasteiger partial charge in [-0.3, -0.25) is 14.5 Å². The van der Waals surface area contributed by atoms with Gasteiger partial charge in [-0.2, -0.15) is 0 Å². The summed E-state index contributed by atoms with van der Waals surface area (Å²) in [5.41, 5.74) is 0.635. The lowest BCUT2D eigenvalue weighted by atomic mass is 10.0. The number of carbonyl (C=O) groups is 2. The van der Waals surface area contributed by atoms with E-state index in [1.165, 1.54) is 4.90 Å². The van der Waals surface area contributed by atoms with Gasteiger partial charge >= 0.3 is 0 Å². The van der Waals surface area contributed by atoms with E-state index in [1.807, 2.05) is 4.90 Å². The highest BCUT2D eigenvalue weighted by atomic mass is 19.2. The lowest BCUT2D eigenvalue weighted by Gasteiger charge is -2.29. The number of amides is 2. The van der Waals surface area contributed by atoms with Gasteiger partial charge in [0.05, 0.1) is 18.8 Å². The maximum absolute atomic E-state index is 13.7. The fraction of sp³-hybridized carbons (Fsp3) is 0.500. The average Bonchev–Trinajstić information content (AvgIpc) is 3.48. The van der Waals surface area contributed by atoms with E-state index in [0.29, 0.717) is 0 Å². The molecular formula is C20H24F3N3O2. The first kappa shape index (κ1) is 20.4. The molecule has 0 radical (unpaired) electrons. The quantitative estimate of drug-likeness (QED) is 0.720. The molecule has 1 aromatic carbocycles. The van der Waals surface area contributed by atoms with Crippen LogP contribution in [-0.2, 0) is 9.59 Å². The smallest absolute Gasteiger partial charge is 0.241 e. The van der Waals surface area contributed by atoms with E-state index < -0.39 is 29.0 Å². The van der Waals surface area contributed by atoms with Gasteiger partial charge < -0.3 is 10.2 Å². The normalized spacial score (nSPS) is 16.7. The van der Waals surface area contributed by atoms with Crippen molar-refractivity contribution in [1.82, 2.24) is 9.80 Å². The van der Waals surface area contributed by atoms with Crippen molar-refractivity contribution in [3.8, 4) is 0 Å². The predicted octanol–water partition coefficient (Wildman–Crippen LogP) is 3.42. The molecule has 0 saturated heterocycles. The monoisotopic (exact) mass is 395 g/mol. The molecule has 2 aliphatic rings. The van der Waals surface area contributed by atoms with Crippen molar-refractivity contribution in [2.75, 3.05) is 25.5 Å². The molecule has 1 aromatic rings. The molecule has 2 amide bonds. The molecule has 152 valence electrons. The number of hydrogen-bond acceptors (Lipinski definition) is 3. The van der Waals surface area contributed by atoms with Gasteiger partial charge in [0.1, 0.15) is 0 Å². The molecule has 28 heavy (non-hydrogen) atoms. The summed E-state index contributed by atoms with van der Waals surface area (Å²) >= 11 is 0. The van der Waals surface area contributed by atoms with Gasteiger partial charge in [-0.15, -0.1) is 0 Å². The van der Waals surface area contributed by atoms with Crippen molar-refractivity contribution < 1.29 is 22.8 Å². The number of benzene rings is 1. The molecule has 0 unspecified atom stereocenters. The van der Waals surface area contributed by atoms with Crippen LogP contribution in [0.5, 0.6) is 0 Å².